The fraction of sp³-hybridized carbons (Fsp3) is 0.625. The van der Waals surface area contributed by atoms with Gasteiger partial charge in [0, 0.05) is 24.2 Å². The molecule has 0 bridgehead atoms. The normalized spacial score (nSPS) is 20.9. The van der Waals surface area contributed by atoms with Crippen molar-refractivity contribution in [3.05, 3.63) is 35.4 Å². The van der Waals surface area contributed by atoms with Crippen LogP contribution in [0, 0.1) is 17.0 Å². The zero-order valence-electron chi connectivity index (χ0n) is 12.5. The van der Waals surface area contributed by atoms with Crippen LogP contribution in [0.25, 0.3) is 0 Å². The molecule has 4 heteroatoms. The molecule has 0 saturated carbocycles. The molecule has 1 aliphatic rings. The molecule has 0 radical (unpaired) electrons. The number of nitrogens with zero attached hydrogens (tertiary/aromatic N) is 1. The molecule has 1 aliphatic heterocycles. The predicted octanol–water partition coefficient (Wildman–Crippen LogP) is 3.35. The highest BCUT2D eigenvalue weighted by molar-refractivity contribution is 5.21. The van der Waals surface area contributed by atoms with Crippen LogP contribution >= 0.6 is 0 Å². The molecule has 1 fully saturated rings. The van der Waals surface area contributed by atoms with Gasteiger partial charge in [-0.25, -0.2) is 8.78 Å². The largest absolute Gasteiger partial charge is 0.310 e. The molecule has 112 valence electrons. The number of piperidine rings is 1. The Bertz CT molecular complexity index is 454. The van der Waals surface area contributed by atoms with E-state index >= 15 is 0 Å². The highest BCUT2D eigenvalue weighted by atomic mass is 19.1. The number of likely N-dealkylation sites (tertiary alicyclic amines) is 1. The van der Waals surface area contributed by atoms with E-state index in [2.05, 4.69) is 24.2 Å². The maximum Gasteiger partial charge on any atom is 0.130 e. The third-order valence-electron chi connectivity index (χ3n) is 4.46. The second-order valence-corrected chi connectivity index (χ2v) is 6.38. The number of benzene rings is 1. The fourth-order valence-corrected chi connectivity index (χ4v) is 2.70. The zero-order valence-corrected chi connectivity index (χ0v) is 12.5. The maximum absolute atomic E-state index is 13.7. The second kappa shape index (κ2) is 6.19. The Hall–Kier alpha value is -1.00. The molecule has 0 aliphatic carbocycles. The highest BCUT2D eigenvalue weighted by Gasteiger charge is 2.29. The van der Waals surface area contributed by atoms with Gasteiger partial charge >= 0.3 is 0 Å². The van der Waals surface area contributed by atoms with Crippen molar-refractivity contribution in [3.8, 4) is 0 Å². The minimum absolute atomic E-state index is 0.105. The minimum atomic E-state index is -0.527. The van der Waals surface area contributed by atoms with Crippen LogP contribution in [-0.2, 0) is 0 Å². The summed E-state index contributed by atoms with van der Waals surface area (Å²) in [4.78, 5) is 2.34. The van der Waals surface area contributed by atoms with E-state index in [1.165, 1.54) is 12.1 Å². The first-order valence-electron chi connectivity index (χ1n) is 7.26. The average molecular weight is 282 g/mol. The molecule has 1 heterocycles. The van der Waals surface area contributed by atoms with Gasteiger partial charge in [-0.1, -0.05) is 13.0 Å². The summed E-state index contributed by atoms with van der Waals surface area (Å²) < 4.78 is 26.6. The summed E-state index contributed by atoms with van der Waals surface area (Å²) in [6.07, 6.45) is 2.30. The van der Waals surface area contributed by atoms with Gasteiger partial charge in [-0.2, -0.15) is 0 Å². The molecule has 2 rings (SSSR count). The van der Waals surface area contributed by atoms with Crippen LogP contribution in [0.1, 0.15) is 38.3 Å². The van der Waals surface area contributed by atoms with Gasteiger partial charge < -0.3 is 10.2 Å². The first-order chi connectivity index (χ1) is 9.39. The van der Waals surface area contributed by atoms with Crippen molar-refractivity contribution in [2.24, 2.45) is 5.41 Å². The van der Waals surface area contributed by atoms with Crippen molar-refractivity contribution in [3.63, 3.8) is 0 Å². The topological polar surface area (TPSA) is 15.3 Å². The van der Waals surface area contributed by atoms with E-state index in [1.807, 2.05) is 6.92 Å². The highest BCUT2D eigenvalue weighted by Crippen LogP contribution is 2.30. The number of nitrogens with one attached hydrogen (secondary N) is 1. The van der Waals surface area contributed by atoms with E-state index in [4.69, 9.17) is 0 Å². The van der Waals surface area contributed by atoms with Crippen molar-refractivity contribution >= 4 is 0 Å². The lowest BCUT2D eigenvalue weighted by atomic mass is 9.80. The van der Waals surface area contributed by atoms with Gasteiger partial charge in [0.25, 0.3) is 0 Å². The lowest BCUT2D eigenvalue weighted by Gasteiger charge is -2.38. The molecule has 1 saturated heterocycles. The maximum atomic E-state index is 13.7. The van der Waals surface area contributed by atoms with Crippen molar-refractivity contribution in [1.82, 2.24) is 10.2 Å². The average Bonchev–Trinajstić information content (AvgIpc) is 2.40. The van der Waals surface area contributed by atoms with E-state index in [9.17, 15) is 8.78 Å². The van der Waals surface area contributed by atoms with Gasteiger partial charge in [0.2, 0.25) is 0 Å². The summed E-state index contributed by atoms with van der Waals surface area (Å²) >= 11 is 0. The predicted molar refractivity (Wildman–Crippen MR) is 77.6 cm³/mol. The second-order valence-electron chi connectivity index (χ2n) is 6.38. The quantitative estimate of drug-likeness (QED) is 0.911. The summed E-state index contributed by atoms with van der Waals surface area (Å²) in [7, 11) is 2.14. The summed E-state index contributed by atoms with van der Waals surface area (Å²) in [5.74, 6) is -1.00. The van der Waals surface area contributed by atoms with E-state index < -0.39 is 11.6 Å². The number of hydrogen-bond donors (Lipinski definition) is 1. The monoisotopic (exact) mass is 282 g/mol. The van der Waals surface area contributed by atoms with Gasteiger partial charge in [-0.15, -0.1) is 0 Å². The Kier molecular flexibility index (Phi) is 4.76. The standard InChI is InChI=1S/C16H24F2N2/c1-12(14-5-4-13(17)10-15(14)18)19-11-16(2)6-8-20(3)9-7-16/h4-5,10,12,19H,6-9,11H2,1-3H3. The van der Waals surface area contributed by atoms with Crippen LogP contribution in [0.4, 0.5) is 8.78 Å². The van der Waals surface area contributed by atoms with Crippen LogP contribution in [0.15, 0.2) is 18.2 Å². The molecule has 1 N–H and O–H groups in total. The van der Waals surface area contributed by atoms with E-state index in [1.54, 1.807) is 0 Å². The molecule has 0 spiro atoms. The Balaban J connectivity index is 1.93. The van der Waals surface area contributed by atoms with Crippen molar-refractivity contribution in [2.45, 2.75) is 32.7 Å². The fourth-order valence-electron chi connectivity index (χ4n) is 2.70. The van der Waals surface area contributed by atoms with Gasteiger partial charge in [-0.3, -0.25) is 0 Å². The van der Waals surface area contributed by atoms with Gasteiger partial charge in [0.1, 0.15) is 11.6 Å². The summed E-state index contributed by atoms with van der Waals surface area (Å²) in [5, 5.41) is 3.40. The molecule has 0 amide bonds. The lowest BCUT2D eigenvalue weighted by molar-refractivity contribution is 0.134. The van der Waals surface area contributed by atoms with Crippen LogP contribution in [-0.4, -0.2) is 31.6 Å². The Morgan fingerprint density at radius 1 is 1.30 bits per heavy atom. The Labute approximate surface area is 120 Å². The molecule has 0 aromatic heterocycles. The zero-order chi connectivity index (χ0) is 14.8. The van der Waals surface area contributed by atoms with E-state index in [0.29, 0.717) is 5.56 Å². The third kappa shape index (κ3) is 3.76. The van der Waals surface area contributed by atoms with Crippen LogP contribution in [0.5, 0.6) is 0 Å². The van der Waals surface area contributed by atoms with Crippen molar-refractivity contribution in [2.75, 3.05) is 26.7 Å². The summed E-state index contributed by atoms with van der Waals surface area (Å²) in [6.45, 7) is 7.28. The number of rotatable bonds is 4. The van der Waals surface area contributed by atoms with Gasteiger partial charge in [0.05, 0.1) is 0 Å². The van der Waals surface area contributed by atoms with Gasteiger partial charge in [0.15, 0.2) is 0 Å². The Morgan fingerprint density at radius 3 is 2.55 bits per heavy atom. The van der Waals surface area contributed by atoms with Crippen molar-refractivity contribution in [1.29, 1.82) is 0 Å². The molecule has 1 aromatic rings. The summed E-state index contributed by atoms with van der Waals surface area (Å²) in [5.41, 5.74) is 0.792. The van der Waals surface area contributed by atoms with Crippen LogP contribution in [0.2, 0.25) is 0 Å². The third-order valence-corrected chi connectivity index (χ3v) is 4.46. The number of hydrogen-bond acceptors (Lipinski definition) is 2. The van der Waals surface area contributed by atoms with Crippen LogP contribution in [0.3, 0.4) is 0 Å². The van der Waals surface area contributed by atoms with Gasteiger partial charge in [-0.05, 0) is 51.4 Å². The molecular formula is C16H24F2N2. The molecular weight excluding hydrogens is 258 g/mol. The minimum Gasteiger partial charge on any atom is -0.310 e. The first kappa shape index (κ1) is 15.4. The molecule has 1 unspecified atom stereocenters. The van der Waals surface area contributed by atoms with E-state index in [-0.39, 0.29) is 11.5 Å². The summed E-state index contributed by atoms with van der Waals surface area (Å²) in [6, 6.07) is 3.69. The SMILES string of the molecule is CC(NCC1(C)CCN(C)CC1)c1ccc(F)cc1F. The first-order valence-corrected chi connectivity index (χ1v) is 7.26. The number of halogens is 2. The molecule has 1 atom stereocenters. The van der Waals surface area contributed by atoms with Crippen LogP contribution < -0.4 is 5.32 Å². The molecule has 1 aromatic carbocycles. The lowest BCUT2D eigenvalue weighted by Crippen LogP contribution is -2.42. The van der Waals surface area contributed by atoms with E-state index in [0.717, 1.165) is 38.5 Å². The molecule has 2 nitrogen and oxygen atoms in total. The Morgan fingerprint density at radius 2 is 1.95 bits per heavy atom. The smallest absolute Gasteiger partial charge is 0.130 e. The van der Waals surface area contributed by atoms with Crippen molar-refractivity contribution < 1.29 is 8.78 Å². The molecule has 20 heavy (non-hydrogen) atoms.